The Morgan fingerprint density at radius 1 is 1.31 bits per heavy atom. The summed E-state index contributed by atoms with van der Waals surface area (Å²) in [5.74, 6) is 0. The van der Waals surface area contributed by atoms with Crippen molar-refractivity contribution in [3.8, 4) is 0 Å². The molecule has 0 unspecified atom stereocenters. The third-order valence-corrected chi connectivity index (χ3v) is 2.70. The molecule has 66 valence electrons. The number of fused-ring (bicyclic) bond motifs is 1. The lowest BCUT2D eigenvalue weighted by Gasteiger charge is -2.01. The molecule has 1 aromatic heterocycles. The molecule has 0 atom stereocenters. The summed E-state index contributed by atoms with van der Waals surface area (Å²) in [6.45, 7) is 0. The zero-order valence-corrected chi connectivity index (χ0v) is 8.56. The summed E-state index contributed by atoms with van der Waals surface area (Å²) < 4.78 is 0. The normalized spacial score (nSPS) is 10.6. The third-order valence-electron chi connectivity index (χ3n) is 1.76. The summed E-state index contributed by atoms with van der Waals surface area (Å²) in [6.07, 6.45) is 3.56. The van der Waals surface area contributed by atoms with Gasteiger partial charge in [-0.15, -0.1) is 11.8 Å². The minimum atomic E-state index is 0.707. The molecule has 0 saturated heterocycles. The van der Waals surface area contributed by atoms with Crippen LogP contribution in [0.2, 0.25) is 5.02 Å². The number of nitrogens with zero attached hydrogens (tertiary/aromatic N) is 2. The zero-order valence-electron chi connectivity index (χ0n) is 6.99. The van der Waals surface area contributed by atoms with Crippen LogP contribution in [-0.2, 0) is 0 Å². The third kappa shape index (κ3) is 1.62. The van der Waals surface area contributed by atoms with Gasteiger partial charge in [0.05, 0.1) is 5.52 Å². The minimum absolute atomic E-state index is 0.707. The van der Waals surface area contributed by atoms with Gasteiger partial charge >= 0.3 is 0 Å². The van der Waals surface area contributed by atoms with Gasteiger partial charge in [0, 0.05) is 10.4 Å². The average molecular weight is 211 g/mol. The second kappa shape index (κ2) is 3.52. The van der Waals surface area contributed by atoms with E-state index in [2.05, 4.69) is 9.97 Å². The molecule has 0 amide bonds. The number of halogens is 1. The van der Waals surface area contributed by atoms with E-state index in [-0.39, 0.29) is 0 Å². The summed E-state index contributed by atoms with van der Waals surface area (Å²) in [5, 5.41) is 2.75. The van der Waals surface area contributed by atoms with Gasteiger partial charge in [-0.2, -0.15) is 0 Å². The molecule has 0 saturated carbocycles. The summed E-state index contributed by atoms with van der Waals surface area (Å²) in [7, 11) is 0. The summed E-state index contributed by atoms with van der Waals surface area (Å²) in [5.41, 5.74) is 0.895. The molecule has 2 nitrogen and oxygen atoms in total. The van der Waals surface area contributed by atoms with Crippen LogP contribution in [0.15, 0.2) is 29.6 Å². The molecule has 4 heteroatoms. The van der Waals surface area contributed by atoms with Crippen LogP contribution < -0.4 is 0 Å². The van der Waals surface area contributed by atoms with Crippen LogP contribution >= 0.6 is 23.4 Å². The zero-order chi connectivity index (χ0) is 9.26. The van der Waals surface area contributed by atoms with Gasteiger partial charge in [0.1, 0.15) is 11.4 Å². The van der Waals surface area contributed by atoms with E-state index in [4.69, 9.17) is 11.6 Å². The van der Waals surface area contributed by atoms with Gasteiger partial charge in [-0.3, -0.25) is 0 Å². The van der Waals surface area contributed by atoms with Crippen LogP contribution in [0.3, 0.4) is 0 Å². The smallest absolute Gasteiger partial charge is 0.117 e. The second-order valence-corrected chi connectivity index (χ2v) is 3.78. The highest BCUT2D eigenvalue weighted by molar-refractivity contribution is 7.98. The van der Waals surface area contributed by atoms with E-state index < -0.39 is 0 Å². The largest absolute Gasteiger partial charge is 0.236 e. The Bertz CT molecular complexity index is 445. The SMILES string of the molecule is CSc1ncnc2cc(Cl)ccc12. The molecule has 2 aromatic rings. The van der Waals surface area contributed by atoms with Crippen molar-refractivity contribution in [1.29, 1.82) is 0 Å². The quantitative estimate of drug-likeness (QED) is 0.535. The average Bonchev–Trinajstić information content (AvgIpc) is 2.16. The first-order chi connectivity index (χ1) is 6.31. The molecule has 1 aromatic carbocycles. The second-order valence-electron chi connectivity index (χ2n) is 2.54. The fraction of sp³-hybridized carbons (Fsp3) is 0.111. The van der Waals surface area contributed by atoms with Crippen LogP contribution in [0.5, 0.6) is 0 Å². The van der Waals surface area contributed by atoms with Crippen LogP contribution in [0.25, 0.3) is 10.9 Å². The molecule has 2 rings (SSSR count). The first-order valence-corrected chi connectivity index (χ1v) is 5.36. The highest BCUT2D eigenvalue weighted by atomic mass is 35.5. The molecule has 0 fully saturated rings. The van der Waals surface area contributed by atoms with E-state index in [1.165, 1.54) is 0 Å². The fourth-order valence-electron chi connectivity index (χ4n) is 1.17. The minimum Gasteiger partial charge on any atom is -0.236 e. The van der Waals surface area contributed by atoms with Crippen molar-refractivity contribution >= 4 is 34.3 Å². The van der Waals surface area contributed by atoms with Crippen LogP contribution in [0.1, 0.15) is 0 Å². The van der Waals surface area contributed by atoms with Crippen molar-refractivity contribution in [3.05, 3.63) is 29.5 Å². The summed E-state index contributed by atoms with van der Waals surface area (Å²) >= 11 is 7.46. The maximum atomic E-state index is 5.85. The Morgan fingerprint density at radius 3 is 2.92 bits per heavy atom. The molecule has 1 heterocycles. The Morgan fingerprint density at radius 2 is 2.15 bits per heavy atom. The molecule has 0 bridgehead atoms. The summed E-state index contributed by atoms with van der Waals surface area (Å²) in [6, 6.07) is 5.65. The molecule has 0 aliphatic rings. The predicted octanol–water partition coefficient (Wildman–Crippen LogP) is 3.01. The Hall–Kier alpha value is -0.800. The number of hydrogen-bond donors (Lipinski definition) is 0. The first-order valence-electron chi connectivity index (χ1n) is 3.75. The van der Waals surface area contributed by atoms with Gasteiger partial charge < -0.3 is 0 Å². The van der Waals surface area contributed by atoms with Gasteiger partial charge in [-0.25, -0.2) is 9.97 Å². The van der Waals surface area contributed by atoms with E-state index in [9.17, 15) is 0 Å². The molecule has 0 radical (unpaired) electrons. The number of aromatic nitrogens is 2. The molecule has 0 spiro atoms. The van der Waals surface area contributed by atoms with Crippen LogP contribution in [0, 0.1) is 0 Å². The van der Waals surface area contributed by atoms with Crippen molar-refractivity contribution in [3.63, 3.8) is 0 Å². The molecular formula is C9H7ClN2S. The van der Waals surface area contributed by atoms with Gasteiger partial charge in [0.2, 0.25) is 0 Å². The van der Waals surface area contributed by atoms with Gasteiger partial charge in [0.25, 0.3) is 0 Å². The van der Waals surface area contributed by atoms with Crippen molar-refractivity contribution in [1.82, 2.24) is 9.97 Å². The molecular weight excluding hydrogens is 204 g/mol. The number of thioether (sulfide) groups is 1. The van der Waals surface area contributed by atoms with Crippen molar-refractivity contribution in [2.45, 2.75) is 5.03 Å². The van der Waals surface area contributed by atoms with Gasteiger partial charge in [-0.1, -0.05) is 11.6 Å². The molecule has 13 heavy (non-hydrogen) atoms. The maximum absolute atomic E-state index is 5.85. The lowest BCUT2D eigenvalue weighted by Crippen LogP contribution is -1.85. The van der Waals surface area contributed by atoms with Gasteiger partial charge in [-0.05, 0) is 24.5 Å². The Balaban J connectivity index is 2.77. The number of benzene rings is 1. The van der Waals surface area contributed by atoms with E-state index in [0.29, 0.717) is 5.02 Å². The Labute approximate surface area is 85.3 Å². The lowest BCUT2D eigenvalue weighted by atomic mass is 10.2. The van der Waals surface area contributed by atoms with Crippen molar-refractivity contribution in [2.24, 2.45) is 0 Å². The van der Waals surface area contributed by atoms with Crippen molar-refractivity contribution < 1.29 is 0 Å². The maximum Gasteiger partial charge on any atom is 0.117 e. The first kappa shape index (κ1) is 8.78. The highest BCUT2D eigenvalue weighted by Crippen LogP contribution is 2.24. The topological polar surface area (TPSA) is 25.8 Å². The van der Waals surface area contributed by atoms with Crippen LogP contribution in [0.4, 0.5) is 0 Å². The number of hydrogen-bond acceptors (Lipinski definition) is 3. The Kier molecular flexibility index (Phi) is 2.38. The molecule has 0 aliphatic heterocycles. The standard InChI is InChI=1S/C9H7ClN2S/c1-13-9-7-3-2-6(10)4-8(7)11-5-12-9/h2-5H,1H3. The monoisotopic (exact) mass is 210 g/mol. The highest BCUT2D eigenvalue weighted by Gasteiger charge is 2.01. The van der Waals surface area contributed by atoms with Crippen molar-refractivity contribution in [2.75, 3.05) is 6.26 Å². The van der Waals surface area contributed by atoms with E-state index in [1.54, 1.807) is 18.1 Å². The van der Waals surface area contributed by atoms with E-state index >= 15 is 0 Å². The fourth-order valence-corrected chi connectivity index (χ4v) is 1.88. The van der Waals surface area contributed by atoms with Crippen LogP contribution in [-0.4, -0.2) is 16.2 Å². The predicted molar refractivity (Wildman–Crippen MR) is 56.3 cm³/mol. The molecule has 0 N–H and O–H groups in total. The summed E-state index contributed by atoms with van der Waals surface area (Å²) in [4.78, 5) is 8.31. The number of rotatable bonds is 1. The lowest BCUT2D eigenvalue weighted by molar-refractivity contribution is 1.10. The van der Waals surface area contributed by atoms with E-state index in [0.717, 1.165) is 15.9 Å². The van der Waals surface area contributed by atoms with E-state index in [1.807, 2.05) is 24.5 Å². The molecule has 0 aliphatic carbocycles. The van der Waals surface area contributed by atoms with Gasteiger partial charge in [0.15, 0.2) is 0 Å².